The molecule has 0 aliphatic carbocycles. The van der Waals surface area contributed by atoms with Gasteiger partial charge in [0.15, 0.2) is 0 Å². The van der Waals surface area contributed by atoms with Crippen LogP contribution in [0, 0.1) is 0 Å². The van der Waals surface area contributed by atoms with E-state index in [4.69, 9.17) is 15.3 Å². The van der Waals surface area contributed by atoms with Crippen LogP contribution < -0.4 is 0 Å². The van der Waals surface area contributed by atoms with Gasteiger partial charge in [-0.15, -0.1) is 0 Å². The number of hydrogen-bond donors (Lipinski definition) is 3. The van der Waals surface area contributed by atoms with E-state index >= 15 is 0 Å². The minimum atomic E-state index is -0.978. The third kappa shape index (κ3) is 1.85. The highest BCUT2D eigenvalue weighted by Crippen LogP contribution is 2.21. The molecule has 1 heterocycles. The van der Waals surface area contributed by atoms with Gasteiger partial charge in [0.05, 0.1) is 25.2 Å². The Bertz CT molecular complexity index is 238. The molecule has 0 atom stereocenters. The van der Waals surface area contributed by atoms with Gasteiger partial charge in [-0.2, -0.15) is 0 Å². The highest BCUT2D eigenvalue weighted by Gasteiger charge is 2.30. The van der Waals surface area contributed by atoms with Crippen molar-refractivity contribution in [2.45, 2.75) is 5.41 Å². The van der Waals surface area contributed by atoms with Gasteiger partial charge in [-0.25, -0.2) is 0 Å². The van der Waals surface area contributed by atoms with Gasteiger partial charge >= 0.3 is 0 Å². The van der Waals surface area contributed by atoms with E-state index in [2.05, 4.69) is 4.98 Å². The average Bonchev–Trinajstić information content (AvgIpc) is 2.23. The van der Waals surface area contributed by atoms with Crippen LogP contribution in [-0.4, -0.2) is 40.1 Å². The van der Waals surface area contributed by atoms with E-state index in [-0.39, 0.29) is 19.8 Å². The van der Waals surface area contributed by atoms with Gasteiger partial charge in [0.2, 0.25) is 0 Å². The number of nitrogens with zero attached hydrogens (tertiary/aromatic N) is 1. The summed E-state index contributed by atoms with van der Waals surface area (Å²) < 4.78 is 0. The first-order valence-corrected chi connectivity index (χ1v) is 4.02. The van der Waals surface area contributed by atoms with Gasteiger partial charge in [0, 0.05) is 12.4 Å². The van der Waals surface area contributed by atoms with E-state index in [1.54, 1.807) is 18.3 Å². The first-order valence-electron chi connectivity index (χ1n) is 4.02. The lowest BCUT2D eigenvalue weighted by atomic mass is 9.84. The normalized spacial score (nSPS) is 11.6. The molecule has 3 N–H and O–H groups in total. The van der Waals surface area contributed by atoms with Crippen LogP contribution >= 0.6 is 0 Å². The summed E-state index contributed by atoms with van der Waals surface area (Å²) in [6.07, 6.45) is 3.13. The summed E-state index contributed by atoms with van der Waals surface area (Å²) in [5.41, 5.74) is -0.337. The number of aromatic nitrogens is 1. The summed E-state index contributed by atoms with van der Waals surface area (Å²) in [6.45, 7) is -0.900. The summed E-state index contributed by atoms with van der Waals surface area (Å²) in [5, 5.41) is 27.2. The lowest BCUT2D eigenvalue weighted by Gasteiger charge is -2.27. The van der Waals surface area contributed by atoms with Crippen LogP contribution in [0.3, 0.4) is 0 Å². The zero-order chi connectivity index (χ0) is 9.73. The maximum atomic E-state index is 9.08. The molecule has 72 valence electrons. The molecule has 0 aliphatic rings. The van der Waals surface area contributed by atoms with Gasteiger partial charge in [-0.1, -0.05) is 6.07 Å². The highest BCUT2D eigenvalue weighted by atomic mass is 16.3. The Hall–Kier alpha value is -0.970. The number of aliphatic hydroxyl groups is 3. The molecule has 1 rings (SSSR count). The highest BCUT2D eigenvalue weighted by molar-refractivity contribution is 5.22. The Morgan fingerprint density at radius 1 is 1.15 bits per heavy atom. The zero-order valence-corrected chi connectivity index (χ0v) is 7.22. The number of hydrogen-bond acceptors (Lipinski definition) is 4. The first kappa shape index (κ1) is 10.1. The van der Waals surface area contributed by atoms with Crippen molar-refractivity contribution in [1.29, 1.82) is 0 Å². The second-order valence-corrected chi connectivity index (χ2v) is 3.00. The molecular weight excluding hydrogens is 170 g/mol. The van der Waals surface area contributed by atoms with Crippen molar-refractivity contribution in [3.63, 3.8) is 0 Å². The Kier molecular flexibility index (Phi) is 3.36. The van der Waals surface area contributed by atoms with Crippen LogP contribution in [-0.2, 0) is 5.41 Å². The second kappa shape index (κ2) is 4.32. The molecule has 0 bridgehead atoms. The quantitative estimate of drug-likeness (QED) is 0.577. The number of pyridine rings is 1. The Balaban J connectivity index is 3.01. The van der Waals surface area contributed by atoms with Crippen LogP contribution in [0.15, 0.2) is 24.5 Å². The fraction of sp³-hybridized carbons (Fsp3) is 0.444. The number of aliphatic hydroxyl groups excluding tert-OH is 3. The van der Waals surface area contributed by atoms with Crippen molar-refractivity contribution in [3.05, 3.63) is 30.1 Å². The summed E-state index contributed by atoms with van der Waals surface area (Å²) in [4.78, 5) is 3.86. The second-order valence-electron chi connectivity index (χ2n) is 3.00. The smallest absolute Gasteiger partial charge is 0.0660 e. The Morgan fingerprint density at radius 3 is 2.15 bits per heavy atom. The molecule has 4 heteroatoms. The molecular formula is C9H13NO3. The van der Waals surface area contributed by atoms with Crippen LogP contribution in [0.1, 0.15) is 5.56 Å². The number of rotatable bonds is 4. The van der Waals surface area contributed by atoms with E-state index in [1.165, 1.54) is 6.20 Å². The van der Waals surface area contributed by atoms with Crippen molar-refractivity contribution < 1.29 is 15.3 Å². The summed E-state index contributed by atoms with van der Waals surface area (Å²) >= 11 is 0. The molecule has 0 fully saturated rings. The minimum absolute atomic E-state index is 0.300. The largest absolute Gasteiger partial charge is 0.395 e. The van der Waals surface area contributed by atoms with Crippen LogP contribution in [0.25, 0.3) is 0 Å². The third-order valence-corrected chi connectivity index (χ3v) is 2.18. The van der Waals surface area contributed by atoms with Gasteiger partial charge in [-0.3, -0.25) is 4.98 Å². The zero-order valence-electron chi connectivity index (χ0n) is 7.22. The summed E-state index contributed by atoms with van der Waals surface area (Å²) in [6, 6.07) is 3.42. The van der Waals surface area contributed by atoms with Gasteiger partial charge in [0.25, 0.3) is 0 Å². The van der Waals surface area contributed by atoms with Crippen molar-refractivity contribution in [3.8, 4) is 0 Å². The summed E-state index contributed by atoms with van der Waals surface area (Å²) in [7, 11) is 0. The SMILES string of the molecule is OCC(CO)(CO)c1cccnc1. The topological polar surface area (TPSA) is 73.6 Å². The van der Waals surface area contributed by atoms with Gasteiger partial charge in [-0.05, 0) is 11.6 Å². The Morgan fingerprint density at radius 2 is 1.77 bits per heavy atom. The van der Waals surface area contributed by atoms with Gasteiger partial charge < -0.3 is 15.3 Å². The van der Waals surface area contributed by atoms with E-state index < -0.39 is 5.41 Å². The van der Waals surface area contributed by atoms with Crippen molar-refractivity contribution in [2.75, 3.05) is 19.8 Å². The van der Waals surface area contributed by atoms with Crippen molar-refractivity contribution >= 4 is 0 Å². The first-order chi connectivity index (χ1) is 6.29. The lowest BCUT2D eigenvalue weighted by Crippen LogP contribution is -2.38. The monoisotopic (exact) mass is 183 g/mol. The molecule has 0 aromatic carbocycles. The van der Waals surface area contributed by atoms with E-state index in [0.29, 0.717) is 5.56 Å². The molecule has 0 unspecified atom stereocenters. The lowest BCUT2D eigenvalue weighted by molar-refractivity contribution is 0.0639. The molecule has 4 nitrogen and oxygen atoms in total. The van der Waals surface area contributed by atoms with Crippen molar-refractivity contribution in [1.82, 2.24) is 4.98 Å². The fourth-order valence-corrected chi connectivity index (χ4v) is 1.10. The molecule has 0 amide bonds. The van der Waals surface area contributed by atoms with Gasteiger partial charge in [0.1, 0.15) is 0 Å². The predicted molar refractivity (Wildman–Crippen MR) is 47.2 cm³/mol. The maximum absolute atomic E-state index is 9.08. The molecule has 0 saturated heterocycles. The maximum Gasteiger partial charge on any atom is 0.0660 e. The van der Waals surface area contributed by atoms with Crippen LogP contribution in [0.4, 0.5) is 0 Å². The molecule has 0 spiro atoms. The predicted octanol–water partition coefficient (Wildman–Crippen LogP) is -0.704. The standard InChI is InChI=1S/C9H13NO3/c11-5-9(6-12,7-13)8-2-1-3-10-4-8/h1-4,11-13H,5-7H2. The molecule has 1 aromatic heterocycles. The van der Waals surface area contributed by atoms with Crippen molar-refractivity contribution in [2.24, 2.45) is 0 Å². The van der Waals surface area contributed by atoms with E-state index in [9.17, 15) is 0 Å². The summed E-state index contributed by atoms with van der Waals surface area (Å²) in [5.74, 6) is 0. The fourth-order valence-electron chi connectivity index (χ4n) is 1.10. The molecule has 0 saturated carbocycles. The molecule has 13 heavy (non-hydrogen) atoms. The van der Waals surface area contributed by atoms with E-state index in [0.717, 1.165) is 0 Å². The van der Waals surface area contributed by atoms with Crippen LogP contribution in [0.5, 0.6) is 0 Å². The average molecular weight is 183 g/mol. The minimum Gasteiger partial charge on any atom is -0.395 e. The molecule has 1 aromatic rings. The third-order valence-electron chi connectivity index (χ3n) is 2.18. The Labute approximate surface area is 76.5 Å². The molecule has 0 radical (unpaired) electrons. The van der Waals surface area contributed by atoms with Crippen LogP contribution in [0.2, 0.25) is 0 Å². The van der Waals surface area contributed by atoms with E-state index in [1.807, 2.05) is 0 Å². The molecule has 0 aliphatic heterocycles.